The van der Waals surface area contributed by atoms with Crippen molar-refractivity contribution in [2.45, 2.75) is 31.9 Å². The van der Waals surface area contributed by atoms with Crippen molar-refractivity contribution >= 4 is 12.0 Å². The van der Waals surface area contributed by atoms with Crippen molar-refractivity contribution in [2.24, 2.45) is 0 Å². The first-order valence-electron chi connectivity index (χ1n) is 6.33. The van der Waals surface area contributed by atoms with Crippen molar-refractivity contribution in [3.05, 3.63) is 48.6 Å². The van der Waals surface area contributed by atoms with Crippen LogP contribution in [0, 0.1) is 0 Å². The zero-order valence-electron chi connectivity index (χ0n) is 10.9. The van der Waals surface area contributed by atoms with Crippen molar-refractivity contribution < 1.29 is 14.3 Å². The van der Waals surface area contributed by atoms with E-state index >= 15 is 0 Å². The van der Waals surface area contributed by atoms with E-state index in [2.05, 4.69) is 6.58 Å². The Morgan fingerprint density at radius 3 is 2.74 bits per heavy atom. The molecule has 2 rings (SSSR count). The molecule has 4 nitrogen and oxygen atoms in total. The van der Waals surface area contributed by atoms with Crippen LogP contribution in [-0.2, 0) is 9.53 Å². The lowest BCUT2D eigenvalue weighted by Gasteiger charge is -2.19. The second kappa shape index (κ2) is 5.69. The van der Waals surface area contributed by atoms with E-state index in [9.17, 15) is 9.59 Å². The Balaban J connectivity index is 2.14. The van der Waals surface area contributed by atoms with E-state index in [1.807, 2.05) is 37.3 Å². The predicted molar refractivity (Wildman–Crippen MR) is 71.4 cm³/mol. The Morgan fingerprint density at radius 1 is 1.42 bits per heavy atom. The molecule has 0 radical (unpaired) electrons. The summed E-state index contributed by atoms with van der Waals surface area (Å²) in [7, 11) is 0. The third-order valence-corrected chi connectivity index (χ3v) is 3.23. The molecule has 0 bridgehead atoms. The molecule has 1 aliphatic rings. The highest BCUT2D eigenvalue weighted by molar-refractivity contribution is 5.93. The van der Waals surface area contributed by atoms with Gasteiger partial charge in [0.15, 0.2) is 0 Å². The number of cyclic esters (lactones) is 1. The maximum Gasteiger partial charge on any atom is 0.417 e. The number of carbonyl (C=O) groups excluding carboxylic acids is 2. The number of hydrogen-bond acceptors (Lipinski definition) is 3. The lowest BCUT2D eigenvalue weighted by atomic mass is 10.0. The van der Waals surface area contributed by atoms with E-state index in [4.69, 9.17) is 4.74 Å². The molecule has 2 amide bonds. The Kier molecular flexibility index (Phi) is 4.00. The van der Waals surface area contributed by atoms with Crippen molar-refractivity contribution in [3.63, 3.8) is 0 Å². The number of ether oxygens (including phenoxy) is 1. The van der Waals surface area contributed by atoms with Gasteiger partial charge in [-0.1, -0.05) is 36.4 Å². The summed E-state index contributed by atoms with van der Waals surface area (Å²) in [4.78, 5) is 25.0. The van der Waals surface area contributed by atoms with Crippen LogP contribution in [-0.4, -0.2) is 22.9 Å². The molecule has 0 saturated carbocycles. The minimum atomic E-state index is -0.560. The summed E-state index contributed by atoms with van der Waals surface area (Å²) in [6.07, 6.45) is 1.56. The fourth-order valence-electron chi connectivity index (χ4n) is 2.23. The zero-order chi connectivity index (χ0) is 13.8. The third-order valence-electron chi connectivity index (χ3n) is 3.23. The van der Waals surface area contributed by atoms with E-state index in [1.54, 1.807) is 6.08 Å². The van der Waals surface area contributed by atoms with Crippen LogP contribution in [0.4, 0.5) is 4.79 Å². The fourth-order valence-corrected chi connectivity index (χ4v) is 2.23. The number of carbonyl (C=O) groups is 2. The highest BCUT2D eigenvalue weighted by Gasteiger charge is 2.42. The number of nitrogens with zero attached hydrogens (tertiary/aromatic N) is 1. The van der Waals surface area contributed by atoms with Crippen LogP contribution >= 0.6 is 0 Å². The highest BCUT2D eigenvalue weighted by Crippen LogP contribution is 2.32. The standard InChI is InChI=1S/C15H17NO3/c1-3-4-10-13(17)16-11(2)14(19-15(16)18)12-8-6-5-7-9-12/h3,5-9,11,14H,1,4,10H2,2H3/t11-,14-/m1/s1. The van der Waals surface area contributed by atoms with Gasteiger partial charge in [0.25, 0.3) is 0 Å². The molecule has 1 aliphatic heterocycles. The van der Waals surface area contributed by atoms with Crippen LogP contribution in [0.15, 0.2) is 43.0 Å². The van der Waals surface area contributed by atoms with Crippen LogP contribution in [0.5, 0.6) is 0 Å². The van der Waals surface area contributed by atoms with E-state index in [0.717, 1.165) is 5.56 Å². The Bertz CT molecular complexity index is 483. The molecular weight excluding hydrogens is 242 g/mol. The number of rotatable bonds is 4. The predicted octanol–water partition coefficient (Wildman–Crippen LogP) is 3.06. The smallest absolute Gasteiger partial charge is 0.417 e. The molecular formula is C15H17NO3. The summed E-state index contributed by atoms with van der Waals surface area (Å²) < 4.78 is 5.31. The largest absolute Gasteiger partial charge is 0.439 e. The minimum Gasteiger partial charge on any atom is -0.439 e. The maximum absolute atomic E-state index is 12.0. The van der Waals surface area contributed by atoms with E-state index in [0.29, 0.717) is 6.42 Å². The van der Waals surface area contributed by atoms with Gasteiger partial charge in [0.1, 0.15) is 6.10 Å². The number of allylic oxidation sites excluding steroid dienone is 1. The first kappa shape index (κ1) is 13.3. The number of hydrogen-bond donors (Lipinski definition) is 0. The van der Waals surface area contributed by atoms with Crippen LogP contribution in [0.1, 0.15) is 31.4 Å². The van der Waals surface area contributed by atoms with Crippen molar-refractivity contribution in [1.82, 2.24) is 4.90 Å². The molecule has 0 spiro atoms. The molecule has 1 fully saturated rings. The van der Waals surface area contributed by atoms with Crippen LogP contribution in [0.3, 0.4) is 0 Å². The summed E-state index contributed by atoms with van der Waals surface area (Å²) in [6.45, 7) is 5.40. The fraction of sp³-hybridized carbons (Fsp3) is 0.333. The molecule has 2 atom stereocenters. The van der Waals surface area contributed by atoms with Gasteiger partial charge in [-0.15, -0.1) is 6.58 Å². The number of benzene rings is 1. The minimum absolute atomic E-state index is 0.212. The summed E-state index contributed by atoms with van der Waals surface area (Å²) in [5, 5.41) is 0. The van der Waals surface area contributed by atoms with Crippen molar-refractivity contribution in [3.8, 4) is 0 Å². The van der Waals surface area contributed by atoms with Gasteiger partial charge < -0.3 is 4.74 Å². The average Bonchev–Trinajstić information content (AvgIpc) is 2.72. The van der Waals surface area contributed by atoms with Crippen molar-refractivity contribution in [2.75, 3.05) is 0 Å². The summed E-state index contributed by atoms with van der Waals surface area (Å²) >= 11 is 0. The normalized spacial score (nSPS) is 22.2. The molecule has 1 saturated heterocycles. The second-order valence-electron chi connectivity index (χ2n) is 4.55. The van der Waals surface area contributed by atoms with Crippen molar-refractivity contribution in [1.29, 1.82) is 0 Å². The maximum atomic E-state index is 12.0. The first-order valence-corrected chi connectivity index (χ1v) is 6.33. The number of amides is 2. The molecule has 1 aromatic carbocycles. The summed E-state index contributed by atoms with van der Waals surface area (Å²) in [5.41, 5.74) is 0.905. The molecule has 0 unspecified atom stereocenters. The van der Waals surface area contributed by atoms with Crippen LogP contribution < -0.4 is 0 Å². The highest BCUT2D eigenvalue weighted by atomic mass is 16.6. The van der Waals surface area contributed by atoms with E-state index in [1.165, 1.54) is 4.90 Å². The molecule has 100 valence electrons. The van der Waals surface area contributed by atoms with Gasteiger partial charge in [-0.25, -0.2) is 9.69 Å². The topological polar surface area (TPSA) is 46.6 Å². The Morgan fingerprint density at radius 2 is 2.11 bits per heavy atom. The van der Waals surface area contributed by atoms with Gasteiger partial charge in [0.05, 0.1) is 6.04 Å². The lowest BCUT2D eigenvalue weighted by molar-refractivity contribution is -0.129. The quantitative estimate of drug-likeness (QED) is 0.781. The van der Waals surface area contributed by atoms with Gasteiger partial charge in [0.2, 0.25) is 5.91 Å². The van der Waals surface area contributed by atoms with Crippen LogP contribution in [0.25, 0.3) is 0 Å². The Labute approximate surface area is 112 Å². The van der Waals surface area contributed by atoms with Gasteiger partial charge in [-0.3, -0.25) is 4.79 Å². The Hall–Kier alpha value is -2.10. The molecule has 0 N–H and O–H groups in total. The first-order chi connectivity index (χ1) is 9.15. The lowest BCUT2D eigenvalue weighted by Crippen LogP contribution is -2.37. The van der Waals surface area contributed by atoms with E-state index in [-0.39, 0.29) is 24.5 Å². The third kappa shape index (κ3) is 2.67. The van der Waals surface area contributed by atoms with Gasteiger partial charge in [-0.05, 0) is 18.9 Å². The van der Waals surface area contributed by atoms with Gasteiger partial charge in [-0.2, -0.15) is 0 Å². The number of imide groups is 1. The van der Waals surface area contributed by atoms with Gasteiger partial charge >= 0.3 is 6.09 Å². The molecule has 1 aromatic rings. The van der Waals surface area contributed by atoms with Crippen LogP contribution in [0.2, 0.25) is 0 Å². The molecule has 0 aliphatic carbocycles. The molecule has 4 heteroatoms. The zero-order valence-corrected chi connectivity index (χ0v) is 10.9. The monoisotopic (exact) mass is 259 g/mol. The van der Waals surface area contributed by atoms with E-state index < -0.39 is 6.09 Å². The molecule has 19 heavy (non-hydrogen) atoms. The summed E-state index contributed by atoms with van der Waals surface area (Å²) in [5.74, 6) is -0.212. The van der Waals surface area contributed by atoms with Gasteiger partial charge in [0, 0.05) is 6.42 Å². The summed E-state index contributed by atoms with van der Waals surface area (Å²) in [6, 6.07) is 9.18. The molecule has 1 heterocycles. The SMILES string of the molecule is C=CCCC(=O)N1C(=O)O[C@@H](c2ccccc2)[C@H]1C. The second-order valence-corrected chi connectivity index (χ2v) is 4.55. The molecule has 0 aromatic heterocycles. The average molecular weight is 259 g/mol.